The van der Waals surface area contributed by atoms with Crippen LogP contribution in [-0.4, -0.2) is 30.4 Å². The van der Waals surface area contributed by atoms with Crippen molar-refractivity contribution in [3.05, 3.63) is 36.2 Å². The summed E-state index contributed by atoms with van der Waals surface area (Å²) in [5, 5.41) is 2.93. The molecule has 3 aromatic rings. The number of anilines is 2. The molecule has 0 saturated carbocycles. The number of nitrogens with one attached hydrogen (secondary N) is 1. The topological polar surface area (TPSA) is 112 Å². The number of amides is 1. The molecule has 128 valence electrons. The first-order chi connectivity index (χ1) is 12.1. The summed E-state index contributed by atoms with van der Waals surface area (Å²) >= 11 is 0. The second kappa shape index (κ2) is 6.12. The standard InChI is InChI=1S/C17H19N7O/c1-10(24-9-22-14-15(18)20-8-21-16(14)24)17(25)23-12-6-11-4-2-3-5-13(11)19-7-12/h6-10H,2-5H2,1H3,(H,23,25)(H2,18,20,21). The SMILES string of the molecule is CC(C(=O)Nc1cnc2c(c1)CCCC2)n1cnc2c(N)ncnc21. The zero-order valence-electron chi connectivity index (χ0n) is 13.9. The molecule has 1 amide bonds. The average Bonchev–Trinajstić information content (AvgIpc) is 3.06. The molecule has 8 nitrogen and oxygen atoms in total. The molecule has 3 N–H and O–H groups in total. The van der Waals surface area contributed by atoms with E-state index < -0.39 is 6.04 Å². The maximum absolute atomic E-state index is 12.6. The molecule has 8 heteroatoms. The van der Waals surface area contributed by atoms with E-state index in [1.165, 1.54) is 24.7 Å². The van der Waals surface area contributed by atoms with E-state index in [1.54, 1.807) is 24.0 Å². The number of aromatic nitrogens is 5. The van der Waals surface area contributed by atoms with E-state index >= 15 is 0 Å². The number of aryl methyl sites for hydroxylation is 2. The first kappa shape index (κ1) is 15.5. The van der Waals surface area contributed by atoms with Gasteiger partial charge in [0.05, 0.1) is 18.2 Å². The number of hydrogen-bond acceptors (Lipinski definition) is 6. The molecule has 1 unspecified atom stereocenters. The van der Waals surface area contributed by atoms with Crippen LogP contribution in [0.2, 0.25) is 0 Å². The fourth-order valence-electron chi connectivity index (χ4n) is 3.18. The third kappa shape index (κ3) is 2.79. The number of nitrogen functional groups attached to an aromatic ring is 1. The molecule has 0 bridgehead atoms. The minimum absolute atomic E-state index is 0.158. The van der Waals surface area contributed by atoms with E-state index in [0.717, 1.165) is 24.2 Å². The summed E-state index contributed by atoms with van der Waals surface area (Å²) in [6.07, 6.45) is 9.04. The van der Waals surface area contributed by atoms with E-state index in [-0.39, 0.29) is 5.91 Å². The smallest absolute Gasteiger partial charge is 0.247 e. The largest absolute Gasteiger partial charge is 0.382 e. The predicted molar refractivity (Wildman–Crippen MR) is 94.0 cm³/mol. The van der Waals surface area contributed by atoms with Gasteiger partial charge in [0.15, 0.2) is 11.5 Å². The molecule has 0 aliphatic heterocycles. The minimum Gasteiger partial charge on any atom is -0.382 e. The summed E-state index contributed by atoms with van der Waals surface area (Å²) in [6.45, 7) is 1.79. The number of nitrogens with two attached hydrogens (primary N) is 1. The number of carbonyl (C=O) groups excluding carboxylic acids is 1. The molecule has 0 aromatic carbocycles. The highest BCUT2D eigenvalue weighted by Gasteiger charge is 2.20. The Hall–Kier alpha value is -3.03. The molecule has 1 aliphatic rings. The summed E-state index contributed by atoms with van der Waals surface area (Å²) < 4.78 is 1.69. The van der Waals surface area contributed by atoms with Crippen molar-refractivity contribution in [2.24, 2.45) is 0 Å². The molecule has 0 fully saturated rings. The Morgan fingerprint density at radius 3 is 2.96 bits per heavy atom. The lowest BCUT2D eigenvalue weighted by molar-refractivity contribution is -0.118. The van der Waals surface area contributed by atoms with E-state index in [9.17, 15) is 4.79 Å². The van der Waals surface area contributed by atoms with Crippen LogP contribution in [0.3, 0.4) is 0 Å². The molecule has 3 heterocycles. The second-order valence-corrected chi connectivity index (χ2v) is 6.29. The van der Waals surface area contributed by atoms with Gasteiger partial charge < -0.3 is 15.6 Å². The fraction of sp³-hybridized carbons (Fsp3) is 0.353. The van der Waals surface area contributed by atoms with Crippen LogP contribution in [0.25, 0.3) is 11.2 Å². The van der Waals surface area contributed by atoms with Crippen LogP contribution < -0.4 is 11.1 Å². The van der Waals surface area contributed by atoms with Crippen molar-refractivity contribution in [2.45, 2.75) is 38.6 Å². The molecule has 25 heavy (non-hydrogen) atoms. The molecule has 1 atom stereocenters. The summed E-state index contributed by atoms with van der Waals surface area (Å²) in [5.41, 5.74) is 9.93. The normalized spacial score (nSPS) is 14.9. The van der Waals surface area contributed by atoms with Gasteiger partial charge in [0, 0.05) is 5.69 Å². The van der Waals surface area contributed by atoms with Crippen molar-refractivity contribution in [3.8, 4) is 0 Å². The molecule has 0 saturated heterocycles. The fourth-order valence-corrected chi connectivity index (χ4v) is 3.18. The van der Waals surface area contributed by atoms with E-state index in [0.29, 0.717) is 17.0 Å². The Morgan fingerprint density at radius 2 is 2.08 bits per heavy atom. The molecule has 0 spiro atoms. The van der Waals surface area contributed by atoms with Gasteiger partial charge in [-0.05, 0) is 44.2 Å². The van der Waals surface area contributed by atoms with E-state index in [2.05, 4.69) is 25.3 Å². The van der Waals surface area contributed by atoms with Crippen molar-refractivity contribution in [1.82, 2.24) is 24.5 Å². The van der Waals surface area contributed by atoms with Crippen LogP contribution in [-0.2, 0) is 17.6 Å². The van der Waals surface area contributed by atoms with Crippen LogP contribution in [0.4, 0.5) is 11.5 Å². The minimum atomic E-state index is -0.490. The second-order valence-electron chi connectivity index (χ2n) is 6.29. The van der Waals surface area contributed by atoms with Crippen LogP contribution in [0, 0.1) is 0 Å². The lowest BCUT2D eigenvalue weighted by atomic mass is 9.96. The van der Waals surface area contributed by atoms with Crippen LogP contribution >= 0.6 is 0 Å². The monoisotopic (exact) mass is 337 g/mol. The Bertz CT molecular complexity index is 949. The van der Waals surface area contributed by atoms with Gasteiger partial charge in [-0.15, -0.1) is 0 Å². The Labute approximate surface area is 144 Å². The summed E-state index contributed by atoms with van der Waals surface area (Å²) in [6, 6.07) is 1.54. The molecular weight excluding hydrogens is 318 g/mol. The van der Waals surface area contributed by atoms with Crippen molar-refractivity contribution in [2.75, 3.05) is 11.1 Å². The maximum atomic E-state index is 12.6. The highest BCUT2D eigenvalue weighted by Crippen LogP contribution is 2.23. The third-order valence-electron chi connectivity index (χ3n) is 4.62. The molecule has 0 radical (unpaired) electrons. The van der Waals surface area contributed by atoms with Gasteiger partial charge in [0.25, 0.3) is 0 Å². The number of rotatable bonds is 3. The van der Waals surface area contributed by atoms with Crippen LogP contribution in [0.1, 0.15) is 37.1 Å². The van der Waals surface area contributed by atoms with Gasteiger partial charge in [-0.2, -0.15) is 0 Å². The van der Waals surface area contributed by atoms with E-state index in [4.69, 9.17) is 5.73 Å². The number of carbonyl (C=O) groups is 1. The third-order valence-corrected chi connectivity index (χ3v) is 4.62. The van der Waals surface area contributed by atoms with Gasteiger partial charge in [-0.3, -0.25) is 9.78 Å². The highest BCUT2D eigenvalue weighted by molar-refractivity contribution is 5.94. The zero-order chi connectivity index (χ0) is 17.4. The zero-order valence-corrected chi connectivity index (χ0v) is 13.9. The molecule has 3 aromatic heterocycles. The van der Waals surface area contributed by atoms with Crippen LogP contribution in [0.15, 0.2) is 24.9 Å². The lowest BCUT2D eigenvalue weighted by Gasteiger charge is -2.17. The Balaban J connectivity index is 1.57. The summed E-state index contributed by atoms with van der Waals surface area (Å²) in [5.74, 6) is 0.143. The van der Waals surface area contributed by atoms with Gasteiger partial charge in [-0.1, -0.05) is 0 Å². The summed E-state index contributed by atoms with van der Waals surface area (Å²) in [7, 11) is 0. The quantitative estimate of drug-likeness (QED) is 0.755. The highest BCUT2D eigenvalue weighted by atomic mass is 16.2. The molecule has 4 rings (SSSR count). The molecule has 1 aliphatic carbocycles. The first-order valence-corrected chi connectivity index (χ1v) is 8.35. The number of pyridine rings is 1. The molecular formula is C17H19N7O. The van der Waals surface area contributed by atoms with Gasteiger partial charge in [0.2, 0.25) is 5.91 Å². The van der Waals surface area contributed by atoms with Crippen molar-refractivity contribution >= 4 is 28.6 Å². The summed E-state index contributed by atoms with van der Waals surface area (Å²) in [4.78, 5) is 29.4. The predicted octanol–water partition coefficient (Wildman–Crippen LogP) is 1.88. The van der Waals surface area contributed by atoms with Gasteiger partial charge in [0.1, 0.15) is 17.9 Å². The first-order valence-electron chi connectivity index (χ1n) is 8.35. The Kier molecular flexibility index (Phi) is 3.79. The van der Waals surface area contributed by atoms with Gasteiger partial charge in [-0.25, -0.2) is 15.0 Å². The number of nitrogens with zero attached hydrogens (tertiary/aromatic N) is 5. The van der Waals surface area contributed by atoms with Crippen molar-refractivity contribution < 1.29 is 4.79 Å². The number of imidazole rings is 1. The number of fused-ring (bicyclic) bond motifs is 2. The van der Waals surface area contributed by atoms with Gasteiger partial charge >= 0.3 is 0 Å². The Morgan fingerprint density at radius 1 is 1.24 bits per heavy atom. The maximum Gasteiger partial charge on any atom is 0.247 e. The average molecular weight is 337 g/mol. The van der Waals surface area contributed by atoms with Crippen LogP contribution in [0.5, 0.6) is 0 Å². The van der Waals surface area contributed by atoms with Crippen molar-refractivity contribution in [3.63, 3.8) is 0 Å². The van der Waals surface area contributed by atoms with Crippen molar-refractivity contribution in [1.29, 1.82) is 0 Å². The van der Waals surface area contributed by atoms with E-state index in [1.807, 2.05) is 6.07 Å². The lowest BCUT2D eigenvalue weighted by Crippen LogP contribution is -2.24. The number of hydrogen-bond donors (Lipinski definition) is 2.